The topological polar surface area (TPSA) is 116 Å². The molecule has 0 unspecified atom stereocenters. The minimum atomic E-state index is -0.475. The lowest BCUT2D eigenvalue weighted by molar-refractivity contribution is -0.0177. The number of aromatic amines is 1. The molecule has 1 amide bonds. The molecule has 126 valence electrons. The van der Waals surface area contributed by atoms with Crippen LogP contribution in [0.15, 0.2) is 23.1 Å². The van der Waals surface area contributed by atoms with Crippen LogP contribution in [0.1, 0.15) is 23.2 Å². The summed E-state index contributed by atoms with van der Waals surface area (Å²) in [6.45, 7) is 2.23. The van der Waals surface area contributed by atoms with Gasteiger partial charge in [0, 0.05) is 18.8 Å². The molecule has 2 aromatic heterocycles. The van der Waals surface area contributed by atoms with Gasteiger partial charge in [-0.05, 0) is 31.5 Å². The second-order valence-corrected chi connectivity index (χ2v) is 6.12. The summed E-state index contributed by atoms with van der Waals surface area (Å²) in [5, 5.41) is 16.9. The summed E-state index contributed by atoms with van der Waals surface area (Å²) in [4.78, 5) is 26.3. The maximum absolute atomic E-state index is 12.5. The molecule has 9 nitrogen and oxygen atoms in total. The fourth-order valence-electron chi connectivity index (χ4n) is 3.37. The summed E-state index contributed by atoms with van der Waals surface area (Å²) in [6.07, 6.45) is 3.36. The zero-order valence-corrected chi connectivity index (χ0v) is 13.0. The number of fused-ring (bicyclic) bond motifs is 2. The zero-order chi connectivity index (χ0) is 16.7. The Hall–Kier alpha value is -2.52. The molecule has 2 saturated heterocycles. The molecule has 0 bridgehead atoms. The predicted molar refractivity (Wildman–Crippen MR) is 85.3 cm³/mol. The van der Waals surface area contributed by atoms with Gasteiger partial charge in [-0.15, -0.1) is 0 Å². The first-order valence-corrected chi connectivity index (χ1v) is 7.94. The van der Waals surface area contributed by atoms with Crippen molar-refractivity contribution in [3.8, 4) is 0 Å². The van der Waals surface area contributed by atoms with E-state index in [9.17, 15) is 9.59 Å². The number of hydrogen-bond donors (Lipinski definition) is 3. The number of rotatable bonds is 2. The van der Waals surface area contributed by atoms with Gasteiger partial charge in [-0.1, -0.05) is 0 Å². The molecule has 0 radical (unpaired) electrons. The molecule has 2 aromatic rings. The summed E-state index contributed by atoms with van der Waals surface area (Å²) in [7, 11) is 0. The SMILES string of the molecule is N=C(NC(=O)c1cccn2c(=O)[nH]nc12)[C@@H]1CN2CCC[C@H]2CO1. The van der Waals surface area contributed by atoms with Gasteiger partial charge in [0.2, 0.25) is 0 Å². The van der Waals surface area contributed by atoms with E-state index in [4.69, 9.17) is 10.1 Å². The molecule has 4 heterocycles. The van der Waals surface area contributed by atoms with Gasteiger partial charge in [-0.2, -0.15) is 5.10 Å². The number of hydrogen-bond acceptors (Lipinski definition) is 6. The molecule has 0 saturated carbocycles. The molecule has 4 rings (SSSR count). The number of H-pyrrole nitrogens is 1. The molecule has 2 aliphatic heterocycles. The number of amidine groups is 1. The van der Waals surface area contributed by atoms with E-state index in [1.807, 2.05) is 0 Å². The molecule has 0 aromatic carbocycles. The third-order valence-corrected chi connectivity index (χ3v) is 4.65. The monoisotopic (exact) mass is 330 g/mol. The van der Waals surface area contributed by atoms with Crippen LogP contribution in [0.4, 0.5) is 0 Å². The average molecular weight is 330 g/mol. The zero-order valence-electron chi connectivity index (χ0n) is 13.0. The van der Waals surface area contributed by atoms with Gasteiger partial charge < -0.3 is 10.1 Å². The predicted octanol–water partition coefficient (Wildman–Crippen LogP) is -0.407. The van der Waals surface area contributed by atoms with Crippen molar-refractivity contribution in [1.29, 1.82) is 5.41 Å². The Labute approximate surface area is 137 Å². The van der Waals surface area contributed by atoms with E-state index in [2.05, 4.69) is 20.4 Å². The molecule has 0 spiro atoms. The Morgan fingerprint density at radius 3 is 3.25 bits per heavy atom. The number of nitrogens with one attached hydrogen (secondary N) is 3. The lowest BCUT2D eigenvalue weighted by Gasteiger charge is -2.35. The van der Waals surface area contributed by atoms with Crippen molar-refractivity contribution in [1.82, 2.24) is 24.8 Å². The summed E-state index contributed by atoms with van der Waals surface area (Å²) in [6, 6.07) is 3.60. The van der Waals surface area contributed by atoms with Crippen molar-refractivity contribution >= 4 is 17.4 Å². The van der Waals surface area contributed by atoms with Crippen molar-refractivity contribution in [2.24, 2.45) is 0 Å². The Balaban J connectivity index is 1.49. The van der Waals surface area contributed by atoms with Crippen LogP contribution in [-0.4, -0.2) is 63.1 Å². The van der Waals surface area contributed by atoms with E-state index in [1.54, 1.807) is 12.1 Å². The van der Waals surface area contributed by atoms with Gasteiger partial charge in [0.1, 0.15) is 11.9 Å². The van der Waals surface area contributed by atoms with Crippen molar-refractivity contribution in [2.75, 3.05) is 19.7 Å². The third-order valence-electron chi connectivity index (χ3n) is 4.65. The number of ether oxygens (including phenoxy) is 1. The molecule has 0 aliphatic carbocycles. The Morgan fingerprint density at radius 1 is 1.50 bits per heavy atom. The minimum absolute atomic E-state index is 0.0326. The number of aromatic nitrogens is 3. The Bertz CT molecular complexity index is 856. The normalized spacial score (nSPS) is 24.0. The van der Waals surface area contributed by atoms with E-state index < -0.39 is 17.7 Å². The van der Waals surface area contributed by atoms with Crippen molar-refractivity contribution in [2.45, 2.75) is 25.0 Å². The van der Waals surface area contributed by atoms with Gasteiger partial charge in [0.15, 0.2) is 5.65 Å². The van der Waals surface area contributed by atoms with Gasteiger partial charge in [-0.25, -0.2) is 14.3 Å². The Kier molecular flexibility index (Phi) is 3.66. The molecule has 2 atom stereocenters. The molecule has 9 heteroatoms. The molecule has 2 aliphatic rings. The molecule has 24 heavy (non-hydrogen) atoms. The number of carbonyl (C=O) groups excluding carboxylic acids is 1. The first kappa shape index (κ1) is 15.0. The lowest BCUT2D eigenvalue weighted by atomic mass is 10.1. The van der Waals surface area contributed by atoms with Gasteiger partial charge in [-0.3, -0.25) is 15.1 Å². The second-order valence-electron chi connectivity index (χ2n) is 6.12. The minimum Gasteiger partial charge on any atom is -0.367 e. The first-order chi connectivity index (χ1) is 11.6. The summed E-state index contributed by atoms with van der Waals surface area (Å²) in [5.41, 5.74) is 0.0536. The van der Waals surface area contributed by atoms with E-state index in [-0.39, 0.29) is 17.0 Å². The standard InChI is InChI=1S/C15H18N6O3/c16-12(11-7-20-5-1-3-9(20)8-24-11)17-14(22)10-4-2-6-21-13(10)18-19-15(21)23/h2,4,6,9,11H,1,3,5,7-8H2,(H,19,23)(H2,16,17,22)/t9-,11-/m0/s1. The fourth-order valence-corrected chi connectivity index (χ4v) is 3.37. The van der Waals surface area contributed by atoms with Crippen LogP contribution in [0.5, 0.6) is 0 Å². The Morgan fingerprint density at radius 2 is 2.38 bits per heavy atom. The maximum Gasteiger partial charge on any atom is 0.347 e. The van der Waals surface area contributed by atoms with Crippen molar-refractivity contribution in [3.05, 3.63) is 34.4 Å². The highest BCUT2D eigenvalue weighted by Crippen LogP contribution is 2.22. The molecular formula is C15H18N6O3. The highest BCUT2D eigenvalue weighted by Gasteiger charge is 2.34. The van der Waals surface area contributed by atoms with Crippen LogP contribution < -0.4 is 11.0 Å². The number of morpholine rings is 1. The van der Waals surface area contributed by atoms with Crippen molar-refractivity contribution in [3.63, 3.8) is 0 Å². The van der Waals surface area contributed by atoms with Crippen LogP contribution >= 0.6 is 0 Å². The van der Waals surface area contributed by atoms with E-state index in [0.29, 0.717) is 19.2 Å². The number of carbonyl (C=O) groups is 1. The fraction of sp³-hybridized carbons (Fsp3) is 0.467. The molecule has 2 fully saturated rings. The summed E-state index contributed by atoms with van der Waals surface area (Å²) < 4.78 is 6.98. The van der Waals surface area contributed by atoms with Gasteiger partial charge in [0.05, 0.1) is 12.2 Å². The van der Waals surface area contributed by atoms with Crippen LogP contribution in [0, 0.1) is 5.41 Å². The highest BCUT2D eigenvalue weighted by molar-refractivity contribution is 6.09. The first-order valence-electron chi connectivity index (χ1n) is 7.94. The van der Waals surface area contributed by atoms with Crippen LogP contribution in [0.2, 0.25) is 0 Å². The van der Waals surface area contributed by atoms with E-state index in [0.717, 1.165) is 19.4 Å². The number of nitrogens with zero attached hydrogens (tertiary/aromatic N) is 3. The van der Waals surface area contributed by atoms with E-state index >= 15 is 0 Å². The third kappa shape index (κ3) is 2.51. The maximum atomic E-state index is 12.5. The van der Waals surface area contributed by atoms with E-state index in [1.165, 1.54) is 10.6 Å². The second kappa shape index (κ2) is 5.84. The highest BCUT2D eigenvalue weighted by atomic mass is 16.5. The number of amides is 1. The van der Waals surface area contributed by atoms with Gasteiger partial charge >= 0.3 is 5.69 Å². The van der Waals surface area contributed by atoms with Crippen LogP contribution in [-0.2, 0) is 4.74 Å². The largest absolute Gasteiger partial charge is 0.367 e. The quantitative estimate of drug-likeness (QED) is 0.511. The average Bonchev–Trinajstić information content (AvgIpc) is 3.20. The lowest BCUT2D eigenvalue weighted by Crippen LogP contribution is -2.52. The van der Waals surface area contributed by atoms with Crippen LogP contribution in [0.25, 0.3) is 5.65 Å². The summed E-state index contributed by atoms with van der Waals surface area (Å²) >= 11 is 0. The molecule has 3 N–H and O–H groups in total. The number of pyridine rings is 1. The smallest absolute Gasteiger partial charge is 0.347 e. The van der Waals surface area contributed by atoms with Crippen molar-refractivity contribution < 1.29 is 9.53 Å². The van der Waals surface area contributed by atoms with Gasteiger partial charge in [0.25, 0.3) is 5.91 Å². The molecular weight excluding hydrogens is 312 g/mol. The summed E-state index contributed by atoms with van der Waals surface area (Å²) in [5.74, 6) is -0.443. The van der Waals surface area contributed by atoms with Crippen LogP contribution in [0.3, 0.4) is 0 Å².